The first-order valence-corrected chi connectivity index (χ1v) is 6.91. The third-order valence-corrected chi connectivity index (χ3v) is 4.23. The summed E-state index contributed by atoms with van der Waals surface area (Å²) >= 11 is 0. The molecule has 0 amide bonds. The van der Waals surface area contributed by atoms with E-state index in [4.69, 9.17) is 4.74 Å². The second kappa shape index (κ2) is 4.47. The van der Waals surface area contributed by atoms with Gasteiger partial charge in [0.25, 0.3) is 0 Å². The molecule has 2 aromatic rings. The Bertz CT molecular complexity index is 760. The molecule has 0 spiro atoms. The molecule has 1 aromatic heterocycles. The lowest BCUT2D eigenvalue weighted by molar-refractivity contribution is 0.0524. The summed E-state index contributed by atoms with van der Waals surface area (Å²) in [7, 11) is 0. The first-order chi connectivity index (χ1) is 9.56. The van der Waals surface area contributed by atoms with Crippen molar-refractivity contribution < 1.29 is 9.53 Å². The molecule has 0 fully saturated rings. The molecule has 0 aliphatic carbocycles. The van der Waals surface area contributed by atoms with Crippen molar-refractivity contribution in [3.63, 3.8) is 0 Å². The number of hydrogen-bond donors (Lipinski definition) is 0. The Morgan fingerprint density at radius 1 is 1.35 bits per heavy atom. The van der Waals surface area contributed by atoms with Gasteiger partial charge in [-0.25, -0.2) is 4.79 Å². The predicted molar refractivity (Wildman–Crippen MR) is 77.3 cm³/mol. The highest BCUT2D eigenvalue weighted by atomic mass is 16.5. The number of aromatic nitrogens is 1. The number of carbonyl (C=O) groups is 1. The molecule has 3 rings (SSSR count). The Balaban J connectivity index is 2.34. The van der Waals surface area contributed by atoms with E-state index in [1.807, 2.05) is 10.6 Å². The quantitative estimate of drug-likeness (QED) is 0.789. The SMILES string of the molecule is CCOC(=O)c1cn2c3c(cccc3c1=O)C(C)C2C. The lowest BCUT2D eigenvalue weighted by atomic mass is 9.97. The van der Waals surface area contributed by atoms with Crippen LogP contribution in [0.2, 0.25) is 0 Å². The van der Waals surface area contributed by atoms with Gasteiger partial charge in [0, 0.05) is 23.5 Å². The van der Waals surface area contributed by atoms with Crippen LogP contribution in [0, 0.1) is 0 Å². The molecule has 1 aliphatic heterocycles. The van der Waals surface area contributed by atoms with Gasteiger partial charge in [0.2, 0.25) is 5.43 Å². The van der Waals surface area contributed by atoms with Crippen LogP contribution < -0.4 is 5.43 Å². The number of para-hydroxylation sites is 1. The Morgan fingerprint density at radius 3 is 2.80 bits per heavy atom. The molecule has 1 aromatic carbocycles. The zero-order chi connectivity index (χ0) is 14.4. The fourth-order valence-corrected chi connectivity index (χ4v) is 2.98. The number of pyridine rings is 1. The summed E-state index contributed by atoms with van der Waals surface area (Å²) in [5, 5.41) is 0.601. The summed E-state index contributed by atoms with van der Waals surface area (Å²) in [6.45, 7) is 6.24. The predicted octanol–water partition coefficient (Wildman–Crippen LogP) is 2.86. The fourth-order valence-electron chi connectivity index (χ4n) is 2.98. The van der Waals surface area contributed by atoms with Crippen molar-refractivity contribution in [2.24, 2.45) is 0 Å². The maximum absolute atomic E-state index is 12.5. The number of nitrogens with zero attached hydrogens (tertiary/aromatic N) is 1. The summed E-state index contributed by atoms with van der Waals surface area (Å²) in [4.78, 5) is 24.4. The van der Waals surface area contributed by atoms with E-state index in [-0.39, 0.29) is 23.6 Å². The lowest BCUT2D eigenvalue weighted by Gasteiger charge is -2.14. The van der Waals surface area contributed by atoms with Gasteiger partial charge in [0.15, 0.2) is 0 Å². The van der Waals surface area contributed by atoms with E-state index < -0.39 is 5.97 Å². The van der Waals surface area contributed by atoms with Crippen LogP contribution in [0.15, 0.2) is 29.2 Å². The summed E-state index contributed by atoms with van der Waals surface area (Å²) in [6, 6.07) is 5.94. The van der Waals surface area contributed by atoms with Gasteiger partial charge in [-0.3, -0.25) is 4.79 Å². The van der Waals surface area contributed by atoms with Crippen molar-refractivity contribution in [1.82, 2.24) is 4.57 Å². The van der Waals surface area contributed by atoms with Crippen molar-refractivity contribution in [3.05, 3.63) is 45.7 Å². The maximum Gasteiger partial charge on any atom is 0.343 e. The van der Waals surface area contributed by atoms with Gasteiger partial charge < -0.3 is 9.30 Å². The lowest BCUT2D eigenvalue weighted by Crippen LogP contribution is -2.20. The van der Waals surface area contributed by atoms with Crippen molar-refractivity contribution >= 4 is 16.9 Å². The van der Waals surface area contributed by atoms with Crippen LogP contribution in [0.4, 0.5) is 0 Å². The highest BCUT2D eigenvalue weighted by Crippen LogP contribution is 2.40. The molecule has 0 radical (unpaired) electrons. The zero-order valence-corrected chi connectivity index (χ0v) is 11.8. The van der Waals surface area contributed by atoms with Crippen molar-refractivity contribution in [1.29, 1.82) is 0 Å². The van der Waals surface area contributed by atoms with Crippen LogP contribution >= 0.6 is 0 Å². The van der Waals surface area contributed by atoms with Gasteiger partial charge in [-0.05, 0) is 25.5 Å². The van der Waals surface area contributed by atoms with Crippen LogP contribution in [-0.2, 0) is 4.74 Å². The van der Waals surface area contributed by atoms with Crippen molar-refractivity contribution in [2.75, 3.05) is 6.61 Å². The van der Waals surface area contributed by atoms with E-state index >= 15 is 0 Å². The summed E-state index contributed by atoms with van der Waals surface area (Å²) < 4.78 is 7.01. The number of benzene rings is 1. The highest BCUT2D eigenvalue weighted by Gasteiger charge is 2.29. The first-order valence-electron chi connectivity index (χ1n) is 6.91. The Labute approximate surface area is 117 Å². The minimum atomic E-state index is -0.541. The Hall–Kier alpha value is -2.10. The van der Waals surface area contributed by atoms with Gasteiger partial charge in [-0.15, -0.1) is 0 Å². The van der Waals surface area contributed by atoms with Crippen LogP contribution in [0.25, 0.3) is 10.9 Å². The molecule has 20 heavy (non-hydrogen) atoms. The number of esters is 1. The number of carbonyl (C=O) groups excluding carboxylic acids is 1. The summed E-state index contributed by atoms with van der Waals surface area (Å²) in [5.74, 6) is -0.212. The van der Waals surface area contributed by atoms with E-state index in [0.29, 0.717) is 11.3 Å². The van der Waals surface area contributed by atoms with E-state index in [2.05, 4.69) is 19.9 Å². The minimum Gasteiger partial charge on any atom is -0.462 e. The van der Waals surface area contributed by atoms with Gasteiger partial charge in [-0.1, -0.05) is 19.1 Å². The van der Waals surface area contributed by atoms with Crippen LogP contribution in [0.3, 0.4) is 0 Å². The molecule has 1 aliphatic rings. The molecular weight excluding hydrogens is 254 g/mol. The van der Waals surface area contributed by atoms with Crippen LogP contribution in [-0.4, -0.2) is 17.1 Å². The standard InChI is InChI=1S/C16H17NO3/c1-4-20-16(19)13-8-17-10(3)9(2)11-6-5-7-12(14(11)17)15(13)18/h5-10H,4H2,1-3H3. The average molecular weight is 271 g/mol. The first kappa shape index (κ1) is 12.9. The van der Waals surface area contributed by atoms with E-state index in [9.17, 15) is 9.59 Å². The zero-order valence-electron chi connectivity index (χ0n) is 11.8. The molecule has 104 valence electrons. The largest absolute Gasteiger partial charge is 0.462 e. The number of hydrogen-bond acceptors (Lipinski definition) is 3. The van der Waals surface area contributed by atoms with Gasteiger partial charge >= 0.3 is 5.97 Å². The Morgan fingerprint density at radius 2 is 2.10 bits per heavy atom. The smallest absolute Gasteiger partial charge is 0.343 e. The monoisotopic (exact) mass is 271 g/mol. The van der Waals surface area contributed by atoms with Crippen LogP contribution in [0.5, 0.6) is 0 Å². The fraction of sp³-hybridized carbons (Fsp3) is 0.375. The van der Waals surface area contributed by atoms with Gasteiger partial charge in [0.1, 0.15) is 5.56 Å². The normalized spacial score (nSPS) is 20.4. The number of ether oxygens (including phenoxy) is 1. The Kier molecular flexibility index (Phi) is 2.89. The molecule has 0 saturated carbocycles. The van der Waals surface area contributed by atoms with Crippen molar-refractivity contribution in [2.45, 2.75) is 32.7 Å². The molecule has 0 saturated heterocycles. The number of rotatable bonds is 2. The van der Waals surface area contributed by atoms with E-state index in [0.717, 1.165) is 5.52 Å². The molecule has 2 unspecified atom stereocenters. The summed E-state index contributed by atoms with van der Waals surface area (Å²) in [6.07, 6.45) is 1.65. The van der Waals surface area contributed by atoms with Gasteiger partial charge in [0.05, 0.1) is 12.1 Å². The van der Waals surface area contributed by atoms with Crippen LogP contribution in [0.1, 0.15) is 48.7 Å². The molecule has 0 N–H and O–H groups in total. The average Bonchev–Trinajstić information content (AvgIpc) is 2.69. The molecule has 2 heterocycles. The second-order valence-corrected chi connectivity index (χ2v) is 5.27. The van der Waals surface area contributed by atoms with E-state index in [1.54, 1.807) is 19.2 Å². The molecule has 4 nitrogen and oxygen atoms in total. The summed E-state index contributed by atoms with van der Waals surface area (Å²) in [5.41, 5.74) is 2.00. The second-order valence-electron chi connectivity index (χ2n) is 5.27. The molecular formula is C16H17NO3. The van der Waals surface area contributed by atoms with Gasteiger partial charge in [-0.2, -0.15) is 0 Å². The van der Waals surface area contributed by atoms with E-state index in [1.165, 1.54) is 5.56 Å². The molecule has 0 bridgehead atoms. The third-order valence-electron chi connectivity index (χ3n) is 4.23. The molecule has 4 heteroatoms. The van der Waals surface area contributed by atoms with Crippen molar-refractivity contribution in [3.8, 4) is 0 Å². The maximum atomic E-state index is 12.5. The minimum absolute atomic E-state index is 0.123. The molecule has 2 atom stereocenters. The topological polar surface area (TPSA) is 48.3 Å². The highest BCUT2D eigenvalue weighted by molar-refractivity contribution is 5.95. The third kappa shape index (κ3) is 1.60.